The summed E-state index contributed by atoms with van der Waals surface area (Å²) in [7, 11) is 1.63. The highest BCUT2D eigenvalue weighted by Crippen LogP contribution is 2.26. The molecule has 0 aliphatic rings. The Labute approximate surface area is 152 Å². The lowest BCUT2D eigenvalue weighted by atomic mass is 10.3. The van der Waals surface area contributed by atoms with E-state index < -0.39 is 0 Å². The average Bonchev–Trinajstić information content (AvgIpc) is 3.29. The molecule has 0 atom stereocenters. The third-order valence-corrected chi connectivity index (χ3v) is 5.73. The number of carbonyl (C=O) groups is 1. The maximum atomic E-state index is 11.9. The van der Waals surface area contributed by atoms with Gasteiger partial charge >= 0.3 is 5.97 Å². The van der Waals surface area contributed by atoms with Crippen LogP contribution in [0.4, 0.5) is 0 Å². The number of ether oxygens (including phenoxy) is 2. The summed E-state index contributed by atoms with van der Waals surface area (Å²) in [6.07, 6.45) is 0. The van der Waals surface area contributed by atoms with Gasteiger partial charge in [-0.15, -0.1) is 23.1 Å². The smallest absolute Gasteiger partial charge is 0.316 e. The second-order valence-electron chi connectivity index (χ2n) is 4.78. The van der Waals surface area contributed by atoms with Crippen molar-refractivity contribution in [3.8, 4) is 16.3 Å². The van der Waals surface area contributed by atoms with E-state index >= 15 is 0 Å². The van der Waals surface area contributed by atoms with Gasteiger partial charge in [0, 0.05) is 21.2 Å². The highest BCUT2D eigenvalue weighted by Gasteiger charge is 2.09. The van der Waals surface area contributed by atoms with Crippen molar-refractivity contribution >= 4 is 40.4 Å². The number of thiophene rings is 1. The zero-order valence-corrected chi connectivity index (χ0v) is 15.4. The predicted octanol–water partition coefficient (Wildman–Crippen LogP) is 4.72. The molecule has 0 fully saturated rings. The molecule has 0 spiro atoms. The van der Waals surface area contributed by atoms with Gasteiger partial charge in [-0.2, -0.15) is 11.3 Å². The zero-order valence-electron chi connectivity index (χ0n) is 12.9. The zero-order chi connectivity index (χ0) is 16.8. The maximum absolute atomic E-state index is 11.9. The third kappa shape index (κ3) is 4.59. The maximum Gasteiger partial charge on any atom is 0.316 e. The van der Waals surface area contributed by atoms with Crippen molar-refractivity contribution in [3.05, 3.63) is 52.2 Å². The van der Waals surface area contributed by atoms with Crippen molar-refractivity contribution in [1.29, 1.82) is 0 Å². The van der Waals surface area contributed by atoms with Crippen LogP contribution >= 0.6 is 34.4 Å². The molecule has 4 nitrogen and oxygen atoms in total. The number of esters is 1. The Hall–Kier alpha value is -1.83. The molecule has 0 bridgehead atoms. The van der Waals surface area contributed by atoms with Crippen LogP contribution in [0.5, 0.6) is 5.75 Å². The Morgan fingerprint density at radius 1 is 1.21 bits per heavy atom. The van der Waals surface area contributed by atoms with E-state index in [2.05, 4.69) is 10.4 Å². The topological polar surface area (TPSA) is 48.4 Å². The Morgan fingerprint density at radius 3 is 2.75 bits per heavy atom. The molecule has 2 heterocycles. The summed E-state index contributed by atoms with van der Waals surface area (Å²) in [5.74, 6) is 0.821. The minimum absolute atomic E-state index is 0.211. The number of benzene rings is 1. The molecule has 0 radical (unpaired) electrons. The summed E-state index contributed by atoms with van der Waals surface area (Å²) in [6.45, 7) is 0.211. The fraction of sp³-hybridized carbons (Fsp3) is 0.176. The van der Waals surface area contributed by atoms with Crippen LogP contribution in [0.15, 0.2) is 51.4 Å². The van der Waals surface area contributed by atoms with Gasteiger partial charge in [0.05, 0.1) is 18.6 Å². The van der Waals surface area contributed by atoms with Crippen LogP contribution in [0.2, 0.25) is 0 Å². The predicted molar refractivity (Wildman–Crippen MR) is 98.9 cm³/mol. The number of carbonyl (C=O) groups excluding carboxylic acids is 1. The highest BCUT2D eigenvalue weighted by atomic mass is 32.2. The van der Waals surface area contributed by atoms with Crippen molar-refractivity contribution in [1.82, 2.24) is 4.98 Å². The second-order valence-corrected chi connectivity index (χ2v) is 7.47. The monoisotopic (exact) mass is 377 g/mol. The molecule has 0 aliphatic heterocycles. The molecule has 24 heavy (non-hydrogen) atoms. The first-order valence-electron chi connectivity index (χ1n) is 7.14. The van der Waals surface area contributed by atoms with Crippen LogP contribution in [-0.4, -0.2) is 23.8 Å². The van der Waals surface area contributed by atoms with E-state index in [0.29, 0.717) is 0 Å². The summed E-state index contributed by atoms with van der Waals surface area (Å²) >= 11 is 4.64. The first-order chi connectivity index (χ1) is 11.7. The number of thiazole rings is 1. The summed E-state index contributed by atoms with van der Waals surface area (Å²) in [4.78, 5) is 17.3. The molecule has 124 valence electrons. The second kappa shape index (κ2) is 8.32. The van der Waals surface area contributed by atoms with Gasteiger partial charge in [0.15, 0.2) is 0 Å². The van der Waals surface area contributed by atoms with Crippen molar-refractivity contribution in [3.63, 3.8) is 0 Å². The molecule has 1 aromatic carbocycles. The molecule has 3 aromatic rings. The van der Waals surface area contributed by atoms with Gasteiger partial charge in [0.1, 0.15) is 17.4 Å². The SMILES string of the molecule is COc1ccc(SCC(=O)OCc2csc(-c3ccsc3)n2)cc1. The van der Waals surface area contributed by atoms with Crippen LogP contribution in [0.3, 0.4) is 0 Å². The number of rotatable bonds is 7. The van der Waals surface area contributed by atoms with Gasteiger partial charge in [-0.25, -0.2) is 4.98 Å². The fourth-order valence-corrected chi connectivity index (χ4v) is 4.12. The number of nitrogens with zero attached hydrogens (tertiary/aromatic N) is 1. The first kappa shape index (κ1) is 17.0. The Kier molecular flexibility index (Phi) is 5.90. The molecule has 0 amide bonds. The van der Waals surface area contributed by atoms with E-state index in [1.165, 1.54) is 11.8 Å². The minimum Gasteiger partial charge on any atom is -0.497 e. The van der Waals surface area contributed by atoms with Gasteiger partial charge in [0.2, 0.25) is 0 Å². The van der Waals surface area contributed by atoms with E-state index in [4.69, 9.17) is 9.47 Å². The van der Waals surface area contributed by atoms with Crippen molar-refractivity contribution in [2.45, 2.75) is 11.5 Å². The van der Waals surface area contributed by atoms with E-state index in [1.54, 1.807) is 29.8 Å². The summed E-state index contributed by atoms with van der Waals surface area (Å²) in [5, 5.41) is 6.96. The van der Waals surface area contributed by atoms with Gasteiger partial charge in [-0.3, -0.25) is 4.79 Å². The Bertz CT molecular complexity index is 782. The normalized spacial score (nSPS) is 10.5. The summed E-state index contributed by atoms with van der Waals surface area (Å²) < 4.78 is 10.4. The summed E-state index contributed by atoms with van der Waals surface area (Å²) in [6, 6.07) is 9.61. The number of hydrogen-bond acceptors (Lipinski definition) is 7. The van der Waals surface area contributed by atoms with Crippen LogP contribution < -0.4 is 4.74 Å². The highest BCUT2D eigenvalue weighted by molar-refractivity contribution is 8.00. The van der Waals surface area contributed by atoms with Gasteiger partial charge in [0.25, 0.3) is 0 Å². The van der Waals surface area contributed by atoms with Crippen LogP contribution in [0.25, 0.3) is 10.6 Å². The Balaban J connectivity index is 1.45. The lowest BCUT2D eigenvalue weighted by Gasteiger charge is -2.04. The first-order valence-corrected chi connectivity index (χ1v) is 9.95. The molecule has 0 aliphatic carbocycles. The van der Waals surface area contributed by atoms with E-state index in [0.717, 1.165) is 26.9 Å². The molecule has 0 unspecified atom stereocenters. The molecule has 3 rings (SSSR count). The number of hydrogen-bond donors (Lipinski definition) is 0. The molecule has 0 saturated heterocycles. The van der Waals surface area contributed by atoms with Crippen LogP contribution in [0.1, 0.15) is 5.69 Å². The van der Waals surface area contributed by atoms with Crippen molar-refractivity contribution in [2.24, 2.45) is 0 Å². The third-order valence-electron chi connectivity index (χ3n) is 3.12. The molecule has 2 aromatic heterocycles. The van der Waals surface area contributed by atoms with Crippen molar-refractivity contribution in [2.75, 3.05) is 12.9 Å². The van der Waals surface area contributed by atoms with Crippen LogP contribution in [0, 0.1) is 0 Å². The molecular formula is C17H15NO3S3. The lowest BCUT2D eigenvalue weighted by Crippen LogP contribution is -2.07. The standard InChI is InChI=1S/C17H15NO3S3/c1-20-14-2-4-15(5-3-14)23-11-16(19)21-8-13-10-24-17(18-13)12-6-7-22-9-12/h2-7,9-10H,8,11H2,1H3. The Morgan fingerprint density at radius 2 is 2.04 bits per heavy atom. The van der Waals surface area contributed by atoms with Crippen molar-refractivity contribution < 1.29 is 14.3 Å². The average molecular weight is 378 g/mol. The largest absolute Gasteiger partial charge is 0.497 e. The number of aromatic nitrogens is 1. The lowest BCUT2D eigenvalue weighted by molar-refractivity contribution is -0.141. The van der Waals surface area contributed by atoms with E-state index in [-0.39, 0.29) is 18.3 Å². The minimum atomic E-state index is -0.249. The van der Waals surface area contributed by atoms with Gasteiger partial charge in [-0.1, -0.05) is 0 Å². The van der Waals surface area contributed by atoms with E-state index in [9.17, 15) is 4.79 Å². The molecule has 0 N–H and O–H groups in total. The number of methoxy groups -OCH3 is 1. The number of thioether (sulfide) groups is 1. The van der Waals surface area contributed by atoms with Gasteiger partial charge in [-0.05, 0) is 35.7 Å². The molecular weight excluding hydrogens is 362 g/mol. The quantitative estimate of drug-likeness (QED) is 0.441. The summed E-state index contributed by atoms with van der Waals surface area (Å²) in [5.41, 5.74) is 1.89. The van der Waals surface area contributed by atoms with E-state index in [1.807, 2.05) is 41.1 Å². The van der Waals surface area contributed by atoms with Gasteiger partial charge < -0.3 is 9.47 Å². The molecule has 0 saturated carbocycles. The van der Waals surface area contributed by atoms with Crippen LogP contribution in [-0.2, 0) is 16.1 Å². The fourth-order valence-electron chi connectivity index (χ4n) is 1.90. The molecule has 7 heteroatoms.